The second-order valence-electron chi connectivity index (χ2n) is 5.37. The van der Waals surface area contributed by atoms with Gasteiger partial charge in [0.25, 0.3) is 0 Å². The molecule has 130 valence electrons. The molecular formula is C18H17FN2O4. The Balaban J connectivity index is 1.76. The van der Waals surface area contributed by atoms with Crippen LogP contribution in [0.2, 0.25) is 0 Å². The number of ether oxygens (including phenoxy) is 1. The van der Waals surface area contributed by atoms with E-state index in [0.29, 0.717) is 16.7 Å². The summed E-state index contributed by atoms with van der Waals surface area (Å²) in [4.78, 5) is 24.3. The van der Waals surface area contributed by atoms with E-state index in [1.807, 2.05) is 0 Å². The van der Waals surface area contributed by atoms with Crippen molar-refractivity contribution >= 4 is 23.0 Å². The third kappa shape index (κ3) is 3.55. The summed E-state index contributed by atoms with van der Waals surface area (Å²) in [5.74, 6) is -1.27. The molecule has 0 spiro atoms. The van der Waals surface area contributed by atoms with Crippen LogP contribution in [0.5, 0.6) is 0 Å². The van der Waals surface area contributed by atoms with Crippen molar-refractivity contribution in [3.8, 4) is 0 Å². The van der Waals surface area contributed by atoms with Gasteiger partial charge in [-0.05, 0) is 13.0 Å². The number of carbonyl (C=O) groups excluding carboxylic acids is 2. The number of rotatable bonds is 6. The highest BCUT2D eigenvalue weighted by molar-refractivity contribution is 5.95. The molecule has 0 aliphatic heterocycles. The Bertz CT molecular complexity index is 913. The predicted molar refractivity (Wildman–Crippen MR) is 88.4 cm³/mol. The SMILES string of the molecule is CCOC(=O)c1cc2occc2n1CC(=O)NCc1ccccc1F. The third-order valence-corrected chi connectivity index (χ3v) is 3.74. The maximum atomic E-state index is 13.6. The van der Waals surface area contributed by atoms with Crippen LogP contribution in [-0.2, 0) is 22.6 Å². The highest BCUT2D eigenvalue weighted by Crippen LogP contribution is 2.21. The van der Waals surface area contributed by atoms with Crippen LogP contribution in [0.1, 0.15) is 23.0 Å². The molecule has 0 saturated carbocycles. The third-order valence-electron chi connectivity index (χ3n) is 3.74. The van der Waals surface area contributed by atoms with Gasteiger partial charge >= 0.3 is 5.97 Å². The molecule has 0 atom stereocenters. The van der Waals surface area contributed by atoms with E-state index in [0.717, 1.165) is 0 Å². The van der Waals surface area contributed by atoms with Crippen LogP contribution in [0.4, 0.5) is 4.39 Å². The molecule has 0 aliphatic carbocycles. The first-order valence-electron chi connectivity index (χ1n) is 7.84. The zero-order valence-corrected chi connectivity index (χ0v) is 13.6. The van der Waals surface area contributed by atoms with Crippen molar-refractivity contribution < 1.29 is 23.1 Å². The second-order valence-corrected chi connectivity index (χ2v) is 5.37. The minimum absolute atomic E-state index is 0.0655. The van der Waals surface area contributed by atoms with Crippen molar-refractivity contribution in [3.63, 3.8) is 0 Å². The van der Waals surface area contributed by atoms with Crippen LogP contribution in [0.15, 0.2) is 47.1 Å². The molecule has 3 aromatic rings. The Morgan fingerprint density at radius 2 is 2.08 bits per heavy atom. The normalized spacial score (nSPS) is 10.8. The lowest BCUT2D eigenvalue weighted by Crippen LogP contribution is -2.28. The topological polar surface area (TPSA) is 73.5 Å². The van der Waals surface area contributed by atoms with Gasteiger partial charge in [-0.25, -0.2) is 9.18 Å². The highest BCUT2D eigenvalue weighted by atomic mass is 19.1. The van der Waals surface area contributed by atoms with Gasteiger partial charge < -0.3 is 19.0 Å². The van der Waals surface area contributed by atoms with Gasteiger partial charge in [-0.3, -0.25) is 4.79 Å². The van der Waals surface area contributed by atoms with E-state index in [1.54, 1.807) is 31.2 Å². The number of esters is 1. The number of hydrogen-bond acceptors (Lipinski definition) is 4. The van der Waals surface area contributed by atoms with Crippen molar-refractivity contribution in [1.82, 2.24) is 9.88 Å². The number of halogens is 1. The number of amides is 1. The predicted octanol–water partition coefficient (Wildman–Crippen LogP) is 2.87. The van der Waals surface area contributed by atoms with E-state index in [-0.39, 0.29) is 37.1 Å². The number of nitrogens with zero attached hydrogens (tertiary/aromatic N) is 1. The lowest BCUT2D eigenvalue weighted by atomic mass is 10.2. The molecule has 0 radical (unpaired) electrons. The fraction of sp³-hybridized carbons (Fsp3) is 0.222. The van der Waals surface area contributed by atoms with Crippen LogP contribution in [-0.4, -0.2) is 23.1 Å². The summed E-state index contributed by atoms with van der Waals surface area (Å²) in [5, 5.41) is 2.65. The van der Waals surface area contributed by atoms with Gasteiger partial charge in [-0.2, -0.15) is 0 Å². The second kappa shape index (κ2) is 7.21. The molecule has 2 heterocycles. The standard InChI is InChI=1S/C18H17FN2O4/c1-2-24-18(23)15-9-16-14(7-8-25-16)21(15)11-17(22)20-10-12-5-3-4-6-13(12)19/h3-9H,2,10-11H2,1H3,(H,20,22). The molecule has 1 amide bonds. The molecule has 0 fully saturated rings. The zero-order valence-electron chi connectivity index (χ0n) is 13.6. The maximum Gasteiger partial charge on any atom is 0.355 e. The number of fused-ring (bicyclic) bond motifs is 1. The lowest BCUT2D eigenvalue weighted by molar-refractivity contribution is -0.121. The molecule has 3 rings (SSSR count). The molecule has 0 aliphatic rings. The van der Waals surface area contributed by atoms with Gasteiger partial charge in [0.15, 0.2) is 5.58 Å². The quantitative estimate of drug-likeness (QED) is 0.698. The molecule has 0 saturated heterocycles. The summed E-state index contributed by atoms with van der Waals surface area (Å²) >= 11 is 0. The zero-order chi connectivity index (χ0) is 17.8. The fourth-order valence-electron chi connectivity index (χ4n) is 2.56. The van der Waals surface area contributed by atoms with E-state index in [9.17, 15) is 14.0 Å². The first-order valence-corrected chi connectivity index (χ1v) is 7.84. The van der Waals surface area contributed by atoms with Crippen molar-refractivity contribution in [2.24, 2.45) is 0 Å². The fourth-order valence-corrected chi connectivity index (χ4v) is 2.56. The Labute approximate surface area is 143 Å². The number of benzene rings is 1. The van der Waals surface area contributed by atoms with E-state index in [2.05, 4.69) is 5.32 Å². The lowest BCUT2D eigenvalue weighted by Gasteiger charge is -2.10. The summed E-state index contributed by atoms with van der Waals surface area (Å²) in [7, 11) is 0. The molecule has 6 nitrogen and oxygen atoms in total. The van der Waals surface area contributed by atoms with Crippen molar-refractivity contribution in [3.05, 3.63) is 59.7 Å². The Hall–Kier alpha value is -3.09. The monoisotopic (exact) mass is 344 g/mol. The first-order chi connectivity index (χ1) is 12.1. The molecular weight excluding hydrogens is 327 g/mol. The van der Waals surface area contributed by atoms with Gasteiger partial charge in [0.1, 0.15) is 18.1 Å². The number of carbonyl (C=O) groups is 2. The van der Waals surface area contributed by atoms with Gasteiger partial charge in [0.05, 0.1) is 18.4 Å². The Kier molecular flexibility index (Phi) is 4.83. The van der Waals surface area contributed by atoms with Crippen molar-refractivity contribution in [2.45, 2.75) is 20.0 Å². The summed E-state index contributed by atoms with van der Waals surface area (Å²) < 4.78 is 25.4. The number of aromatic nitrogens is 1. The Morgan fingerprint density at radius 3 is 2.84 bits per heavy atom. The van der Waals surface area contributed by atoms with Crippen LogP contribution in [0.25, 0.3) is 11.1 Å². The van der Waals surface area contributed by atoms with E-state index >= 15 is 0 Å². The van der Waals surface area contributed by atoms with E-state index < -0.39 is 5.97 Å². The van der Waals surface area contributed by atoms with Crippen LogP contribution in [0, 0.1) is 5.82 Å². The van der Waals surface area contributed by atoms with Crippen LogP contribution < -0.4 is 5.32 Å². The molecule has 25 heavy (non-hydrogen) atoms. The van der Waals surface area contributed by atoms with Gasteiger partial charge in [0.2, 0.25) is 5.91 Å². The van der Waals surface area contributed by atoms with Crippen LogP contribution >= 0.6 is 0 Å². The average Bonchev–Trinajstić information content (AvgIpc) is 3.17. The van der Waals surface area contributed by atoms with Gasteiger partial charge in [0, 0.05) is 24.2 Å². The molecule has 1 N–H and O–H groups in total. The molecule has 0 unspecified atom stereocenters. The molecule has 1 aromatic carbocycles. The average molecular weight is 344 g/mol. The van der Waals surface area contributed by atoms with Gasteiger partial charge in [-0.1, -0.05) is 18.2 Å². The number of furan rings is 1. The van der Waals surface area contributed by atoms with E-state index in [1.165, 1.54) is 23.0 Å². The minimum atomic E-state index is -0.532. The summed E-state index contributed by atoms with van der Waals surface area (Å²) in [6.45, 7) is 1.89. The summed E-state index contributed by atoms with van der Waals surface area (Å²) in [5.41, 5.74) is 1.73. The minimum Gasteiger partial charge on any atom is -0.463 e. The molecule has 0 bridgehead atoms. The van der Waals surface area contributed by atoms with Gasteiger partial charge in [-0.15, -0.1) is 0 Å². The summed E-state index contributed by atoms with van der Waals surface area (Å²) in [6, 6.07) is 9.43. The summed E-state index contributed by atoms with van der Waals surface area (Å²) in [6.07, 6.45) is 1.48. The Morgan fingerprint density at radius 1 is 1.28 bits per heavy atom. The number of hydrogen-bond donors (Lipinski definition) is 1. The van der Waals surface area contributed by atoms with Crippen LogP contribution in [0.3, 0.4) is 0 Å². The highest BCUT2D eigenvalue weighted by Gasteiger charge is 2.20. The molecule has 2 aromatic heterocycles. The smallest absolute Gasteiger partial charge is 0.355 e. The maximum absolute atomic E-state index is 13.6. The first kappa shape index (κ1) is 16.8. The molecule has 7 heteroatoms. The number of nitrogens with one attached hydrogen (secondary N) is 1. The van der Waals surface area contributed by atoms with Crippen molar-refractivity contribution in [2.75, 3.05) is 6.61 Å². The largest absolute Gasteiger partial charge is 0.463 e. The van der Waals surface area contributed by atoms with Crippen molar-refractivity contribution in [1.29, 1.82) is 0 Å². The van der Waals surface area contributed by atoms with E-state index in [4.69, 9.17) is 9.15 Å².